The van der Waals surface area contributed by atoms with E-state index >= 15 is 0 Å². The fourth-order valence-electron chi connectivity index (χ4n) is 12.1. The number of carbonyl (C=O) groups excluding carboxylic acids is 8. The third kappa shape index (κ3) is 19.1. The second-order valence-electron chi connectivity index (χ2n) is 25.2. The second kappa shape index (κ2) is 37.4. The molecule has 30 heteroatoms. The summed E-state index contributed by atoms with van der Waals surface area (Å²) < 4.78 is 85.5. The zero-order chi connectivity index (χ0) is 77.9. The number of hydrogen-bond donors (Lipinski definition) is 8. The molecule has 0 spiro atoms. The molecule has 8 N–H and O–H groups in total. The standard InChI is InChI=1S/C68H54O19.C12H22O11/c69-59(44-25-9-1-10-26-44)77-41-52-54(81-62(72)47-31-15-4-16-32-47)56(83-64(74)49-35-19-6-20-36-49)57(84-65(75)50-37-21-7-22-38-50)67(80-52)87-68(43-79-61(71)46-29-13-3-14-30-46)58(85-66(76)51-39-23-8-24-40-51)55(82-63(73)48-33-17-5-18-34-48)53(86-68)42-78-60(70)45-27-11-2-12-28-45;13-1-4-6(16)8(18)9(19)11(21-4)23-12(3-15)10(20)7(17)5(2-14)22-12/h1-40,52-58,67H,41-43H2;4-11,13-20H,1-3H2/t52?,53-,54-,55-,56+,57?,58-,67-,68+;4?,5-,6-,7-,8+,9?,10-,11-,12+/m11/s1. The van der Waals surface area contributed by atoms with Crippen molar-refractivity contribution in [2.75, 3.05) is 39.6 Å². The molecule has 4 saturated heterocycles. The van der Waals surface area contributed by atoms with Crippen molar-refractivity contribution in [1.29, 1.82) is 0 Å². The van der Waals surface area contributed by atoms with Crippen LogP contribution in [0.5, 0.6) is 0 Å². The Morgan fingerprint density at radius 1 is 0.300 bits per heavy atom. The fraction of sp³-hybridized carbons (Fsp3) is 0.300. The summed E-state index contributed by atoms with van der Waals surface area (Å²) >= 11 is 0. The molecular weight excluding hydrogens is 1440 g/mol. The average Bonchev–Trinajstić information content (AvgIpc) is 1.52. The molecule has 4 heterocycles. The van der Waals surface area contributed by atoms with Crippen LogP contribution < -0.4 is 0 Å². The van der Waals surface area contributed by atoms with Crippen molar-refractivity contribution >= 4 is 47.8 Å². The Balaban J connectivity index is 0.000000445. The van der Waals surface area contributed by atoms with Gasteiger partial charge in [0.25, 0.3) is 0 Å². The number of rotatable bonds is 26. The van der Waals surface area contributed by atoms with Gasteiger partial charge in [0.2, 0.25) is 17.9 Å². The van der Waals surface area contributed by atoms with Gasteiger partial charge in [0, 0.05) is 0 Å². The lowest BCUT2D eigenvalue weighted by Gasteiger charge is -2.46. The van der Waals surface area contributed by atoms with E-state index in [1.165, 1.54) is 97.1 Å². The monoisotopic (exact) mass is 1520 g/mol. The van der Waals surface area contributed by atoms with Crippen molar-refractivity contribution in [3.05, 3.63) is 287 Å². The predicted molar refractivity (Wildman–Crippen MR) is 374 cm³/mol. The summed E-state index contributed by atoms with van der Waals surface area (Å²) in [6.45, 7) is -5.01. The first-order valence-electron chi connectivity index (χ1n) is 34.5. The minimum atomic E-state index is -2.85. The first kappa shape index (κ1) is 80.0. The Morgan fingerprint density at radius 3 is 1.00 bits per heavy atom. The van der Waals surface area contributed by atoms with Crippen molar-refractivity contribution < 1.29 is 146 Å². The van der Waals surface area contributed by atoms with Gasteiger partial charge in [-0.15, -0.1) is 0 Å². The maximum atomic E-state index is 14.7. The van der Waals surface area contributed by atoms with Crippen LogP contribution in [0.4, 0.5) is 0 Å². The number of hydrogen-bond acceptors (Lipinski definition) is 30. The van der Waals surface area contributed by atoms with E-state index in [0.29, 0.717) is 0 Å². The maximum absolute atomic E-state index is 14.7. The normalized spacial score (nSPS) is 27.4. The fourth-order valence-corrected chi connectivity index (χ4v) is 12.1. The SMILES string of the molecule is O=C(OCC1O[C@H](O[C@]2(COC(=O)c3ccccc3)O[C@H](COC(=O)c3ccccc3)[C@@H](OC(=O)c3ccccc3)[C@H]2OC(=O)c2ccccc2)C(OC(=O)c2ccccc2)[C@@H](OC(=O)c2ccccc2)[C@@H]1OC(=O)c1ccccc1)c1ccccc1.OCC1O[C@H](O[C@]2(CO)O[C@H](CO)[C@@H](O)[C@H]2O)C(O)[C@@H](O)[C@@H]1O. The minimum absolute atomic E-state index is 0.00940. The molecule has 0 amide bonds. The van der Waals surface area contributed by atoms with E-state index in [4.69, 9.17) is 76.5 Å². The lowest BCUT2D eigenvalue weighted by Crippen LogP contribution is -2.66. The molecule has 0 aliphatic carbocycles. The van der Waals surface area contributed by atoms with E-state index in [9.17, 15) is 69.0 Å². The number of aliphatic hydroxyl groups is 8. The molecule has 8 aromatic carbocycles. The molecule has 4 unspecified atom stereocenters. The molecule has 0 bridgehead atoms. The number of esters is 8. The van der Waals surface area contributed by atoms with Gasteiger partial charge in [-0.3, -0.25) is 0 Å². The molecule has 18 atom stereocenters. The summed E-state index contributed by atoms with van der Waals surface area (Å²) in [5, 5.41) is 76.7. The van der Waals surface area contributed by atoms with Crippen LogP contribution >= 0.6 is 0 Å². The van der Waals surface area contributed by atoms with Crippen LogP contribution in [0.25, 0.3) is 0 Å². The van der Waals surface area contributed by atoms with Crippen molar-refractivity contribution in [1.82, 2.24) is 0 Å². The van der Waals surface area contributed by atoms with E-state index in [-0.39, 0.29) is 44.5 Å². The van der Waals surface area contributed by atoms with Crippen LogP contribution in [0.2, 0.25) is 0 Å². The molecule has 110 heavy (non-hydrogen) atoms. The Hall–Kier alpha value is -11.0. The minimum Gasteiger partial charge on any atom is -0.459 e. The van der Waals surface area contributed by atoms with Crippen LogP contribution in [0, 0.1) is 0 Å². The van der Waals surface area contributed by atoms with Crippen LogP contribution in [0.1, 0.15) is 82.9 Å². The predicted octanol–water partition coefficient (Wildman–Crippen LogP) is 4.13. The third-order valence-electron chi connectivity index (χ3n) is 17.9. The summed E-state index contributed by atoms with van der Waals surface area (Å²) in [5.74, 6) is -13.0. The van der Waals surface area contributed by atoms with Crippen molar-refractivity contribution in [3.8, 4) is 0 Å². The van der Waals surface area contributed by atoms with E-state index < -0.39 is 197 Å². The number of benzene rings is 8. The van der Waals surface area contributed by atoms with E-state index in [1.807, 2.05) is 0 Å². The first-order chi connectivity index (χ1) is 53.2. The van der Waals surface area contributed by atoms with Crippen LogP contribution in [0.15, 0.2) is 243 Å². The van der Waals surface area contributed by atoms with E-state index in [1.54, 1.807) is 146 Å². The Kier molecular flexibility index (Phi) is 27.2. The molecule has 30 nitrogen and oxygen atoms in total. The Bertz CT molecular complexity index is 4340. The molecule has 12 rings (SSSR count). The molecule has 4 aliphatic heterocycles. The van der Waals surface area contributed by atoms with Gasteiger partial charge in [-0.1, -0.05) is 146 Å². The Labute approximate surface area is 627 Å². The highest BCUT2D eigenvalue weighted by Crippen LogP contribution is 2.43. The summed E-state index contributed by atoms with van der Waals surface area (Å²) in [5.41, 5.74) is 0.125. The quantitative estimate of drug-likeness (QED) is 0.0279. The summed E-state index contributed by atoms with van der Waals surface area (Å²) in [6.07, 6.45) is -28.3. The maximum Gasteiger partial charge on any atom is 0.338 e. The summed E-state index contributed by atoms with van der Waals surface area (Å²) in [7, 11) is 0. The smallest absolute Gasteiger partial charge is 0.338 e. The summed E-state index contributed by atoms with van der Waals surface area (Å²) in [4.78, 5) is 115. The zero-order valence-electron chi connectivity index (χ0n) is 58.1. The van der Waals surface area contributed by atoms with Crippen molar-refractivity contribution in [3.63, 3.8) is 0 Å². The molecular formula is C80H76O30. The first-order valence-corrected chi connectivity index (χ1v) is 34.5. The molecule has 4 aliphatic rings. The molecule has 576 valence electrons. The van der Waals surface area contributed by atoms with Gasteiger partial charge in [0.1, 0.15) is 81.4 Å². The van der Waals surface area contributed by atoms with E-state index in [2.05, 4.69) is 0 Å². The second-order valence-corrected chi connectivity index (χ2v) is 25.2. The van der Waals surface area contributed by atoms with Crippen molar-refractivity contribution in [2.24, 2.45) is 0 Å². The lowest BCUT2D eigenvalue weighted by molar-refractivity contribution is -0.383. The van der Waals surface area contributed by atoms with Crippen LogP contribution in [-0.2, 0) is 66.3 Å². The number of ether oxygens (including phenoxy) is 14. The lowest BCUT2D eigenvalue weighted by atomic mass is 9.97. The van der Waals surface area contributed by atoms with Crippen molar-refractivity contribution in [2.45, 2.75) is 110 Å². The number of aliphatic hydroxyl groups excluding tert-OH is 8. The van der Waals surface area contributed by atoms with Gasteiger partial charge in [-0.05, 0) is 97.1 Å². The average molecular weight is 1520 g/mol. The molecule has 0 aromatic heterocycles. The van der Waals surface area contributed by atoms with Gasteiger partial charge < -0.3 is 107 Å². The topological polar surface area (TPSA) is 428 Å². The molecule has 8 aromatic rings. The highest BCUT2D eigenvalue weighted by atomic mass is 16.8. The van der Waals surface area contributed by atoms with E-state index in [0.717, 1.165) is 0 Å². The summed E-state index contributed by atoms with van der Waals surface area (Å²) in [6, 6.07) is 61.6. The number of carbonyl (C=O) groups is 8. The van der Waals surface area contributed by atoms with Gasteiger partial charge >= 0.3 is 47.8 Å². The van der Waals surface area contributed by atoms with Crippen LogP contribution in [0.3, 0.4) is 0 Å². The zero-order valence-corrected chi connectivity index (χ0v) is 58.1. The third-order valence-corrected chi connectivity index (χ3v) is 17.9. The highest BCUT2D eigenvalue weighted by molar-refractivity contribution is 5.93. The largest absolute Gasteiger partial charge is 0.459 e. The van der Waals surface area contributed by atoms with Gasteiger partial charge in [0.05, 0.1) is 57.7 Å². The molecule has 0 radical (unpaired) electrons. The molecule has 0 saturated carbocycles. The van der Waals surface area contributed by atoms with Gasteiger partial charge in [-0.25, -0.2) is 38.4 Å². The molecule has 4 fully saturated rings. The van der Waals surface area contributed by atoms with Crippen LogP contribution in [-0.4, -0.2) is 238 Å². The highest BCUT2D eigenvalue weighted by Gasteiger charge is 2.66. The van der Waals surface area contributed by atoms with Gasteiger partial charge in [-0.2, -0.15) is 0 Å². The Morgan fingerprint density at radius 2 is 0.618 bits per heavy atom. The van der Waals surface area contributed by atoms with Gasteiger partial charge in [0.15, 0.2) is 36.8 Å².